The van der Waals surface area contributed by atoms with Crippen molar-refractivity contribution < 1.29 is 13.2 Å². The predicted molar refractivity (Wildman–Crippen MR) is 69.9 cm³/mol. The second kappa shape index (κ2) is 4.52. The van der Waals surface area contributed by atoms with E-state index < -0.39 is 11.7 Å². The van der Waals surface area contributed by atoms with Crippen LogP contribution in [-0.4, -0.2) is 9.55 Å². The zero-order valence-electron chi connectivity index (χ0n) is 9.95. The molecule has 2 nitrogen and oxygen atoms in total. The minimum Gasteiger partial charge on any atom is -0.300 e. The average molecular weight is 296 g/mol. The smallest absolute Gasteiger partial charge is 0.300 e. The van der Waals surface area contributed by atoms with Crippen LogP contribution in [0.25, 0.3) is 16.7 Å². The Balaban J connectivity index is 2.16. The maximum absolute atomic E-state index is 12.6. The van der Waals surface area contributed by atoms with Crippen molar-refractivity contribution in [1.29, 1.82) is 0 Å². The predicted octanol–water partition coefficient (Wildman–Crippen LogP) is 4.50. The fraction of sp³-hybridized carbons (Fsp3) is 0.0714. The van der Waals surface area contributed by atoms with Gasteiger partial charge in [0.1, 0.15) is 0 Å². The molecule has 0 fully saturated rings. The summed E-state index contributed by atoms with van der Waals surface area (Å²) in [5.74, 6) is 0.265. The van der Waals surface area contributed by atoms with E-state index in [1.54, 1.807) is 29.0 Å². The highest BCUT2D eigenvalue weighted by atomic mass is 35.5. The summed E-state index contributed by atoms with van der Waals surface area (Å²) < 4.78 is 39.4. The number of aromatic nitrogens is 2. The number of halogens is 4. The van der Waals surface area contributed by atoms with Crippen molar-refractivity contribution in [3.05, 3.63) is 59.4 Å². The SMILES string of the molecule is FC(F)(F)c1cnc(-n2ccc3c[c]ccc32)c(Cl)c1. The fourth-order valence-electron chi connectivity index (χ4n) is 1.97. The molecule has 3 aromatic rings. The maximum Gasteiger partial charge on any atom is 0.417 e. The molecule has 0 bridgehead atoms. The molecule has 3 rings (SSSR count). The van der Waals surface area contributed by atoms with Crippen LogP contribution in [0.2, 0.25) is 5.02 Å². The quantitative estimate of drug-likeness (QED) is 0.646. The van der Waals surface area contributed by atoms with Crippen LogP contribution in [0.1, 0.15) is 5.56 Å². The molecule has 0 aliphatic heterocycles. The summed E-state index contributed by atoms with van der Waals surface area (Å²) in [7, 11) is 0. The van der Waals surface area contributed by atoms with Crippen LogP contribution in [-0.2, 0) is 6.18 Å². The Labute approximate surface area is 117 Å². The lowest BCUT2D eigenvalue weighted by Gasteiger charge is -2.10. The van der Waals surface area contributed by atoms with Gasteiger partial charge in [-0.2, -0.15) is 13.2 Å². The van der Waals surface area contributed by atoms with E-state index in [1.807, 2.05) is 6.07 Å². The number of hydrogen-bond acceptors (Lipinski definition) is 1. The molecule has 0 aliphatic carbocycles. The second-order valence-corrected chi connectivity index (χ2v) is 4.61. The van der Waals surface area contributed by atoms with Crippen molar-refractivity contribution in [2.45, 2.75) is 6.18 Å². The molecule has 0 atom stereocenters. The van der Waals surface area contributed by atoms with Gasteiger partial charge < -0.3 is 0 Å². The Morgan fingerprint density at radius 1 is 1.25 bits per heavy atom. The summed E-state index contributed by atoms with van der Waals surface area (Å²) >= 11 is 5.94. The molecule has 101 valence electrons. The Hall–Kier alpha value is -2.01. The Morgan fingerprint density at radius 2 is 2.05 bits per heavy atom. The zero-order valence-corrected chi connectivity index (χ0v) is 10.7. The molecule has 0 N–H and O–H groups in total. The molecule has 0 saturated heterocycles. The molecule has 6 heteroatoms. The number of hydrogen-bond donors (Lipinski definition) is 0. The summed E-state index contributed by atoms with van der Waals surface area (Å²) in [6.07, 6.45) is -1.97. The standard InChI is InChI=1S/C14H7ClF3N2/c15-11-7-10(14(16,17)18)8-19-13(11)20-6-5-9-3-1-2-4-12(9)20/h2-8H. The minimum absolute atomic E-state index is 0.0508. The van der Waals surface area contributed by atoms with Gasteiger partial charge in [-0.3, -0.25) is 4.57 Å². The topological polar surface area (TPSA) is 17.8 Å². The van der Waals surface area contributed by atoms with E-state index in [-0.39, 0.29) is 10.8 Å². The van der Waals surface area contributed by atoms with Gasteiger partial charge in [-0.05, 0) is 30.3 Å². The van der Waals surface area contributed by atoms with Gasteiger partial charge in [0.05, 0.1) is 16.1 Å². The highest BCUT2D eigenvalue weighted by molar-refractivity contribution is 6.32. The number of benzene rings is 1. The number of nitrogens with zero attached hydrogens (tertiary/aromatic N) is 2. The van der Waals surface area contributed by atoms with E-state index in [0.29, 0.717) is 0 Å². The normalized spacial score (nSPS) is 12.0. The van der Waals surface area contributed by atoms with E-state index in [4.69, 9.17) is 11.6 Å². The molecule has 1 aromatic carbocycles. The number of alkyl halides is 3. The summed E-state index contributed by atoms with van der Waals surface area (Å²) in [6.45, 7) is 0. The van der Waals surface area contributed by atoms with Gasteiger partial charge in [0.15, 0.2) is 5.82 Å². The van der Waals surface area contributed by atoms with Crippen LogP contribution in [0.3, 0.4) is 0 Å². The van der Waals surface area contributed by atoms with Gasteiger partial charge in [0.25, 0.3) is 0 Å². The van der Waals surface area contributed by atoms with Crippen molar-refractivity contribution in [3.8, 4) is 5.82 Å². The molecule has 0 unspecified atom stereocenters. The average Bonchev–Trinajstić information content (AvgIpc) is 2.81. The fourth-order valence-corrected chi connectivity index (χ4v) is 2.23. The molecule has 0 saturated carbocycles. The Morgan fingerprint density at radius 3 is 2.75 bits per heavy atom. The van der Waals surface area contributed by atoms with Gasteiger partial charge in [-0.15, -0.1) is 0 Å². The lowest BCUT2D eigenvalue weighted by molar-refractivity contribution is -0.137. The molecular formula is C14H7ClF3N2. The van der Waals surface area contributed by atoms with Gasteiger partial charge in [-0.25, -0.2) is 4.98 Å². The van der Waals surface area contributed by atoms with Crippen molar-refractivity contribution in [1.82, 2.24) is 9.55 Å². The highest BCUT2D eigenvalue weighted by Crippen LogP contribution is 2.32. The van der Waals surface area contributed by atoms with Crippen LogP contribution in [0.4, 0.5) is 13.2 Å². The van der Waals surface area contributed by atoms with E-state index in [0.717, 1.165) is 23.2 Å². The van der Waals surface area contributed by atoms with Gasteiger partial charge in [0.2, 0.25) is 0 Å². The van der Waals surface area contributed by atoms with Gasteiger partial charge in [0, 0.05) is 17.8 Å². The third kappa shape index (κ3) is 2.14. The van der Waals surface area contributed by atoms with Crippen LogP contribution >= 0.6 is 11.6 Å². The first-order valence-electron chi connectivity index (χ1n) is 5.67. The summed E-state index contributed by atoms with van der Waals surface area (Å²) in [4.78, 5) is 3.84. The first kappa shape index (κ1) is 13.0. The lowest BCUT2D eigenvalue weighted by Crippen LogP contribution is -2.07. The lowest BCUT2D eigenvalue weighted by atomic mass is 10.2. The van der Waals surface area contributed by atoms with Crippen LogP contribution in [0.5, 0.6) is 0 Å². The van der Waals surface area contributed by atoms with E-state index >= 15 is 0 Å². The Kier molecular flexibility index (Phi) is 2.94. The highest BCUT2D eigenvalue weighted by Gasteiger charge is 2.31. The van der Waals surface area contributed by atoms with Crippen molar-refractivity contribution in [2.75, 3.05) is 0 Å². The third-order valence-corrected chi connectivity index (χ3v) is 3.19. The zero-order chi connectivity index (χ0) is 14.3. The maximum atomic E-state index is 12.6. The molecule has 0 spiro atoms. The minimum atomic E-state index is -4.46. The molecule has 0 amide bonds. The van der Waals surface area contributed by atoms with Crippen molar-refractivity contribution >= 4 is 22.5 Å². The van der Waals surface area contributed by atoms with E-state index in [2.05, 4.69) is 11.1 Å². The van der Waals surface area contributed by atoms with E-state index in [1.165, 1.54) is 0 Å². The Bertz CT molecular complexity index is 777. The molecule has 20 heavy (non-hydrogen) atoms. The first-order valence-corrected chi connectivity index (χ1v) is 6.05. The molecule has 2 heterocycles. The second-order valence-electron chi connectivity index (χ2n) is 4.20. The summed E-state index contributed by atoms with van der Waals surface area (Å²) in [5.41, 5.74) is -0.0612. The van der Waals surface area contributed by atoms with Gasteiger partial charge >= 0.3 is 6.18 Å². The van der Waals surface area contributed by atoms with E-state index in [9.17, 15) is 13.2 Å². The van der Waals surface area contributed by atoms with Crippen LogP contribution < -0.4 is 0 Å². The molecule has 0 aliphatic rings. The van der Waals surface area contributed by atoms with Gasteiger partial charge in [-0.1, -0.05) is 17.7 Å². The number of fused-ring (bicyclic) bond motifs is 1. The summed E-state index contributed by atoms with van der Waals surface area (Å²) in [5, 5.41) is 0.857. The van der Waals surface area contributed by atoms with Crippen molar-refractivity contribution in [2.24, 2.45) is 0 Å². The molecular weight excluding hydrogens is 289 g/mol. The van der Waals surface area contributed by atoms with Crippen LogP contribution in [0, 0.1) is 6.07 Å². The number of rotatable bonds is 1. The first-order chi connectivity index (χ1) is 9.47. The largest absolute Gasteiger partial charge is 0.417 e. The summed E-state index contributed by atoms with van der Waals surface area (Å²) in [6, 6.07) is 10.9. The molecule has 1 radical (unpaired) electrons. The molecule has 2 aromatic heterocycles. The number of pyridine rings is 1. The monoisotopic (exact) mass is 295 g/mol. The third-order valence-electron chi connectivity index (χ3n) is 2.91. The van der Waals surface area contributed by atoms with Crippen molar-refractivity contribution in [3.63, 3.8) is 0 Å². The van der Waals surface area contributed by atoms with Crippen LogP contribution in [0.15, 0.2) is 42.7 Å².